The van der Waals surface area contributed by atoms with E-state index in [0.717, 1.165) is 6.42 Å². The second-order valence-electron chi connectivity index (χ2n) is 1.61. The van der Waals surface area contributed by atoms with Crippen molar-refractivity contribution in [2.75, 3.05) is 20.0 Å². The molecule has 2 N–H and O–H groups in total. The highest BCUT2D eigenvalue weighted by Gasteiger charge is 1.97. The van der Waals surface area contributed by atoms with Gasteiger partial charge in [0.1, 0.15) is 0 Å². The third-order valence-electron chi connectivity index (χ3n) is 1.09. The zero-order valence-electron chi connectivity index (χ0n) is 5.37. The van der Waals surface area contributed by atoms with Crippen LogP contribution in [-0.2, 0) is 0 Å². The van der Waals surface area contributed by atoms with E-state index in [-0.39, 0.29) is 23.1 Å². The van der Waals surface area contributed by atoms with Crippen LogP contribution in [0.15, 0.2) is 0 Å². The van der Waals surface area contributed by atoms with E-state index in [2.05, 4.69) is 10.6 Å². The Kier molecular flexibility index (Phi) is 12.6. The summed E-state index contributed by atoms with van der Waals surface area (Å²) < 4.78 is 0. The van der Waals surface area contributed by atoms with Crippen LogP contribution in [0.2, 0.25) is 0 Å². The van der Waals surface area contributed by atoms with Gasteiger partial charge in [0.05, 0.1) is 6.17 Å². The van der Waals surface area contributed by atoms with Crippen molar-refractivity contribution in [1.82, 2.24) is 10.6 Å². The number of alkyl halides is 1. The van der Waals surface area contributed by atoms with Gasteiger partial charge in [0.15, 0.2) is 0 Å². The predicted octanol–water partition coefficient (Wildman–Crippen LogP) is -0.536. The van der Waals surface area contributed by atoms with Crippen molar-refractivity contribution in [3.63, 3.8) is 0 Å². The average molecular weight is 163 g/mol. The molecule has 0 amide bonds. The van der Waals surface area contributed by atoms with Crippen molar-refractivity contribution < 1.29 is 0 Å². The number of hydrogen-bond donors (Lipinski definition) is 2. The van der Waals surface area contributed by atoms with Crippen molar-refractivity contribution >= 4 is 34.7 Å². The number of halogens is 1. The molecule has 0 aromatic rings. The number of nitrogens with one attached hydrogen (secondary N) is 2. The summed E-state index contributed by atoms with van der Waals surface area (Å²) in [6.07, 6.45) is 1.33. The van der Waals surface area contributed by atoms with Gasteiger partial charge < -0.3 is 10.6 Å². The van der Waals surface area contributed by atoms with Crippen LogP contribution in [0.25, 0.3) is 0 Å². The molecular weight excluding hydrogens is 148 g/mol. The summed E-state index contributed by atoms with van der Waals surface area (Å²) >= 11 is 5.47. The summed E-state index contributed by atoms with van der Waals surface area (Å²) in [7, 11) is 3.82. The van der Waals surface area contributed by atoms with Crippen LogP contribution in [0.3, 0.4) is 0 Å². The second-order valence-corrected chi connectivity index (χ2v) is 1.99. The Labute approximate surface area is 77.9 Å². The predicted molar refractivity (Wildman–Crippen MR) is 45.8 cm³/mol. The van der Waals surface area contributed by atoms with E-state index < -0.39 is 0 Å². The quantitative estimate of drug-likeness (QED) is 0.330. The molecule has 2 nitrogen and oxygen atoms in total. The molecule has 0 aliphatic heterocycles. The van der Waals surface area contributed by atoms with E-state index in [0.29, 0.717) is 12.0 Å². The van der Waals surface area contributed by atoms with Gasteiger partial charge in [-0.3, -0.25) is 0 Å². The van der Waals surface area contributed by atoms with Crippen LogP contribution in [0.1, 0.15) is 6.42 Å². The highest BCUT2D eigenvalue weighted by Crippen LogP contribution is 1.87. The fraction of sp³-hybridized carbons (Fsp3) is 1.00. The molecule has 0 spiro atoms. The van der Waals surface area contributed by atoms with Gasteiger partial charge in [-0.2, -0.15) is 0 Å². The monoisotopic (exact) mass is 162 g/mol. The van der Waals surface area contributed by atoms with Crippen molar-refractivity contribution in [1.29, 1.82) is 0 Å². The molecule has 0 aliphatic rings. The fourth-order valence-corrected chi connectivity index (χ4v) is 0.760. The van der Waals surface area contributed by atoms with E-state index >= 15 is 0 Å². The van der Waals surface area contributed by atoms with E-state index in [1.165, 1.54) is 0 Å². The molecule has 9 heavy (non-hydrogen) atoms. The Hall–Kier alpha value is 0.976. The van der Waals surface area contributed by atoms with Crippen molar-refractivity contribution in [2.24, 2.45) is 0 Å². The van der Waals surface area contributed by atoms with Crippen LogP contribution in [0.4, 0.5) is 0 Å². The molecule has 0 aromatic heterocycles. The number of rotatable bonds is 4. The van der Waals surface area contributed by atoms with Crippen molar-refractivity contribution in [3.05, 3.63) is 0 Å². The fourth-order valence-electron chi connectivity index (χ4n) is 0.542. The maximum absolute atomic E-state index is 5.47. The highest BCUT2D eigenvalue weighted by molar-refractivity contribution is 6.17. The third-order valence-corrected chi connectivity index (χ3v) is 1.31. The molecule has 0 aromatic carbocycles. The zero-order valence-corrected chi connectivity index (χ0v) is 6.13. The van der Waals surface area contributed by atoms with Crippen LogP contribution >= 0.6 is 11.6 Å². The smallest absolute Gasteiger partial charge is 0.305 e. The van der Waals surface area contributed by atoms with Crippen molar-refractivity contribution in [2.45, 2.75) is 12.6 Å². The summed E-state index contributed by atoms with van der Waals surface area (Å²) in [5, 5.41) is 6.11. The van der Waals surface area contributed by atoms with Crippen LogP contribution in [0, 0.1) is 0 Å². The summed E-state index contributed by atoms with van der Waals surface area (Å²) in [6, 6.07) is 0. The van der Waals surface area contributed by atoms with Gasteiger partial charge in [-0.1, -0.05) is 0 Å². The number of hydrogen-bond acceptors (Lipinski definition) is 2. The molecule has 0 heterocycles. The molecular formula is C5H15ClMgN2. The lowest BCUT2D eigenvalue weighted by Crippen LogP contribution is -2.37. The van der Waals surface area contributed by atoms with E-state index in [9.17, 15) is 0 Å². The lowest BCUT2D eigenvalue weighted by molar-refractivity contribution is 0.483. The molecule has 4 heteroatoms. The molecule has 0 saturated carbocycles. The molecule has 0 unspecified atom stereocenters. The second kappa shape index (κ2) is 8.98. The van der Waals surface area contributed by atoms with Crippen molar-refractivity contribution in [3.8, 4) is 0 Å². The maximum atomic E-state index is 5.47. The summed E-state index contributed by atoms with van der Waals surface area (Å²) in [6.45, 7) is 0. The highest BCUT2D eigenvalue weighted by atomic mass is 35.5. The Morgan fingerprint density at radius 1 is 1.33 bits per heavy atom. The minimum absolute atomic E-state index is 0. The molecule has 0 radical (unpaired) electrons. The first kappa shape index (κ1) is 12.6. The average Bonchev–Trinajstić information content (AvgIpc) is 1.83. The normalized spacial score (nSPS) is 9.33. The van der Waals surface area contributed by atoms with E-state index in [1.807, 2.05) is 14.1 Å². The largest absolute Gasteiger partial charge is 0.316 e. The minimum atomic E-state index is 0. The lowest BCUT2D eigenvalue weighted by atomic mass is 10.4. The third kappa shape index (κ3) is 6.87. The van der Waals surface area contributed by atoms with Gasteiger partial charge in [0, 0.05) is 5.88 Å². The first-order valence-electron chi connectivity index (χ1n) is 2.75. The van der Waals surface area contributed by atoms with Crippen LogP contribution in [0.5, 0.6) is 0 Å². The van der Waals surface area contributed by atoms with Gasteiger partial charge in [-0.15, -0.1) is 11.6 Å². The Bertz CT molecular complexity index is 50.2. The van der Waals surface area contributed by atoms with Crippen LogP contribution in [-0.4, -0.2) is 49.2 Å². The SMILES string of the molecule is CNC(CCCl)NC.[MgH2]. The molecule has 0 atom stereocenters. The van der Waals surface area contributed by atoms with Gasteiger partial charge >= 0.3 is 23.1 Å². The molecule has 0 aliphatic carbocycles. The van der Waals surface area contributed by atoms with E-state index in [1.54, 1.807) is 0 Å². The van der Waals surface area contributed by atoms with Gasteiger partial charge in [-0.05, 0) is 20.5 Å². The molecule has 0 rings (SSSR count). The first-order chi connectivity index (χ1) is 3.85. The maximum Gasteiger partial charge on any atom is 0.316 e. The Morgan fingerprint density at radius 3 is 1.89 bits per heavy atom. The Balaban J connectivity index is 0. The van der Waals surface area contributed by atoms with E-state index in [4.69, 9.17) is 11.6 Å². The first-order valence-corrected chi connectivity index (χ1v) is 3.29. The topological polar surface area (TPSA) is 24.1 Å². The van der Waals surface area contributed by atoms with Gasteiger partial charge in [0.2, 0.25) is 0 Å². The lowest BCUT2D eigenvalue weighted by Gasteiger charge is -2.11. The van der Waals surface area contributed by atoms with Gasteiger partial charge in [0.25, 0.3) is 0 Å². The summed E-state index contributed by atoms with van der Waals surface area (Å²) in [5.41, 5.74) is 0. The summed E-state index contributed by atoms with van der Waals surface area (Å²) in [4.78, 5) is 0. The standard InChI is InChI=1S/C5H13ClN2.Mg.2H/c1-7-5(8-2)3-4-6;;;/h5,7-8H,3-4H2,1-2H3;;;. The van der Waals surface area contributed by atoms with Gasteiger partial charge in [-0.25, -0.2) is 0 Å². The molecule has 0 bridgehead atoms. The molecule has 0 fully saturated rings. The zero-order chi connectivity index (χ0) is 6.41. The minimum Gasteiger partial charge on any atom is -0.305 e. The molecule has 0 saturated heterocycles. The summed E-state index contributed by atoms with van der Waals surface area (Å²) in [5.74, 6) is 0.701. The Morgan fingerprint density at radius 2 is 1.78 bits per heavy atom. The van der Waals surface area contributed by atoms with Crippen LogP contribution < -0.4 is 10.6 Å². The molecule has 54 valence electrons.